The van der Waals surface area contributed by atoms with Crippen molar-refractivity contribution in [3.8, 4) is 0 Å². The predicted octanol–water partition coefficient (Wildman–Crippen LogP) is 4.01. The van der Waals surface area contributed by atoms with Gasteiger partial charge in [0.25, 0.3) is 0 Å². The lowest BCUT2D eigenvalue weighted by molar-refractivity contribution is -0.123. The highest BCUT2D eigenvalue weighted by Gasteiger charge is 2.21. The van der Waals surface area contributed by atoms with Crippen LogP contribution in [0.15, 0.2) is 42.6 Å². The number of Topliss-reactive ketones (excluding diaryl/α,β-unsaturated/α-hetero) is 1. The first kappa shape index (κ1) is 16.7. The van der Waals surface area contributed by atoms with Gasteiger partial charge in [-0.3, -0.25) is 9.59 Å². The van der Waals surface area contributed by atoms with E-state index < -0.39 is 5.41 Å². The topological polar surface area (TPSA) is 71.1 Å². The minimum absolute atomic E-state index is 0.0156. The number of nitrogens with zero attached hydrogens (tertiary/aromatic N) is 1. The zero-order chi connectivity index (χ0) is 17.0. The lowest BCUT2D eigenvalue weighted by Gasteiger charge is -2.17. The van der Waals surface area contributed by atoms with Gasteiger partial charge in [0.2, 0.25) is 5.91 Å². The fourth-order valence-electron chi connectivity index (χ4n) is 1.82. The van der Waals surface area contributed by atoms with Gasteiger partial charge in [0.05, 0.1) is 11.9 Å². The van der Waals surface area contributed by atoms with Crippen molar-refractivity contribution in [1.82, 2.24) is 4.98 Å². The molecule has 5 heteroatoms. The molecule has 1 aromatic carbocycles. The molecule has 0 radical (unpaired) electrons. The van der Waals surface area contributed by atoms with Crippen LogP contribution in [0.2, 0.25) is 0 Å². The van der Waals surface area contributed by atoms with Crippen LogP contribution in [0, 0.1) is 5.41 Å². The van der Waals surface area contributed by atoms with Crippen LogP contribution in [-0.2, 0) is 4.79 Å². The third-order valence-electron chi connectivity index (χ3n) is 3.24. The van der Waals surface area contributed by atoms with E-state index in [4.69, 9.17) is 0 Å². The number of carbonyl (C=O) groups is 2. The molecule has 1 heterocycles. The number of carbonyl (C=O) groups excluding carboxylic acids is 2. The Balaban J connectivity index is 2.07. The number of benzene rings is 1. The van der Waals surface area contributed by atoms with Crippen molar-refractivity contribution in [2.45, 2.75) is 27.7 Å². The van der Waals surface area contributed by atoms with E-state index >= 15 is 0 Å². The van der Waals surface area contributed by atoms with Crippen molar-refractivity contribution < 1.29 is 9.59 Å². The molecule has 5 nitrogen and oxygen atoms in total. The lowest BCUT2D eigenvalue weighted by Crippen LogP contribution is -2.27. The summed E-state index contributed by atoms with van der Waals surface area (Å²) in [4.78, 5) is 27.6. The number of amides is 1. The normalized spacial score (nSPS) is 11.0. The third kappa shape index (κ3) is 4.64. The average molecular weight is 311 g/mol. The van der Waals surface area contributed by atoms with Crippen LogP contribution in [0.25, 0.3) is 0 Å². The van der Waals surface area contributed by atoms with Gasteiger partial charge in [0, 0.05) is 16.7 Å². The van der Waals surface area contributed by atoms with Crippen molar-refractivity contribution in [2.75, 3.05) is 10.6 Å². The molecule has 2 rings (SSSR count). The van der Waals surface area contributed by atoms with Gasteiger partial charge >= 0.3 is 0 Å². The van der Waals surface area contributed by atoms with Crippen molar-refractivity contribution in [3.05, 3.63) is 48.2 Å². The molecule has 0 unspecified atom stereocenters. The number of hydrogen-bond acceptors (Lipinski definition) is 4. The fraction of sp³-hybridized carbons (Fsp3) is 0.278. The second-order valence-corrected chi connectivity index (χ2v) is 6.40. The van der Waals surface area contributed by atoms with E-state index in [9.17, 15) is 9.59 Å². The first-order valence-corrected chi connectivity index (χ1v) is 7.41. The van der Waals surface area contributed by atoms with Crippen LogP contribution in [0.1, 0.15) is 38.1 Å². The van der Waals surface area contributed by atoms with Crippen molar-refractivity contribution >= 4 is 28.9 Å². The van der Waals surface area contributed by atoms with E-state index in [-0.39, 0.29) is 11.7 Å². The second-order valence-electron chi connectivity index (χ2n) is 6.40. The molecule has 0 aliphatic carbocycles. The summed E-state index contributed by atoms with van der Waals surface area (Å²) in [5, 5.41) is 5.96. The first-order chi connectivity index (χ1) is 10.8. The zero-order valence-electron chi connectivity index (χ0n) is 13.8. The lowest BCUT2D eigenvalue weighted by atomic mass is 9.96. The van der Waals surface area contributed by atoms with E-state index in [0.29, 0.717) is 17.1 Å². The van der Waals surface area contributed by atoms with Crippen LogP contribution in [-0.4, -0.2) is 16.7 Å². The quantitative estimate of drug-likeness (QED) is 0.837. The summed E-state index contributed by atoms with van der Waals surface area (Å²) in [6, 6.07) is 10.8. The molecule has 0 saturated carbocycles. The van der Waals surface area contributed by atoms with E-state index in [1.807, 2.05) is 32.9 Å². The Kier molecular flexibility index (Phi) is 4.79. The van der Waals surface area contributed by atoms with E-state index in [1.165, 1.54) is 6.92 Å². The Morgan fingerprint density at radius 2 is 1.78 bits per heavy atom. The minimum Gasteiger partial charge on any atom is -0.340 e. The van der Waals surface area contributed by atoms with Gasteiger partial charge < -0.3 is 10.6 Å². The molecular formula is C18H21N3O2. The van der Waals surface area contributed by atoms with Crippen molar-refractivity contribution in [2.24, 2.45) is 5.41 Å². The zero-order valence-corrected chi connectivity index (χ0v) is 13.8. The maximum atomic E-state index is 11.9. The molecule has 0 fully saturated rings. The molecule has 0 aliphatic rings. The Morgan fingerprint density at radius 3 is 2.35 bits per heavy atom. The van der Waals surface area contributed by atoms with Gasteiger partial charge in [-0.15, -0.1) is 0 Å². The Labute approximate surface area is 136 Å². The minimum atomic E-state index is -0.454. The van der Waals surface area contributed by atoms with E-state index in [0.717, 1.165) is 5.69 Å². The molecule has 23 heavy (non-hydrogen) atoms. The molecule has 120 valence electrons. The van der Waals surface area contributed by atoms with Crippen molar-refractivity contribution in [1.29, 1.82) is 0 Å². The number of pyridine rings is 1. The largest absolute Gasteiger partial charge is 0.340 e. The molecule has 0 spiro atoms. The molecule has 0 aliphatic heterocycles. The molecule has 0 bridgehead atoms. The van der Waals surface area contributed by atoms with Gasteiger partial charge in [0.1, 0.15) is 5.82 Å². The smallest absolute Gasteiger partial charge is 0.229 e. The Hall–Kier alpha value is -2.69. The number of anilines is 3. The summed E-state index contributed by atoms with van der Waals surface area (Å²) in [5.41, 5.74) is 1.62. The van der Waals surface area contributed by atoms with Crippen LogP contribution in [0.4, 0.5) is 17.2 Å². The molecule has 1 aromatic heterocycles. The summed E-state index contributed by atoms with van der Waals surface area (Å²) < 4.78 is 0. The van der Waals surface area contributed by atoms with E-state index in [2.05, 4.69) is 15.6 Å². The van der Waals surface area contributed by atoms with Gasteiger partial charge in [0.15, 0.2) is 5.78 Å². The van der Waals surface area contributed by atoms with Gasteiger partial charge in [-0.05, 0) is 31.2 Å². The summed E-state index contributed by atoms with van der Waals surface area (Å²) >= 11 is 0. The molecular weight excluding hydrogens is 290 g/mol. The SMILES string of the molecule is CC(=O)c1cccc(Nc2ccc(NC(=O)C(C)(C)C)cn2)c1. The summed E-state index contributed by atoms with van der Waals surface area (Å²) in [6.07, 6.45) is 1.60. The summed E-state index contributed by atoms with van der Waals surface area (Å²) in [5.74, 6) is 0.593. The average Bonchev–Trinajstić information content (AvgIpc) is 2.48. The second kappa shape index (κ2) is 6.60. The predicted molar refractivity (Wildman–Crippen MR) is 92.1 cm³/mol. The van der Waals surface area contributed by atoms with Crippen LogP contribution in [0.5, 0.6) is 0 Å². The summed E-state index contributed by atoms with van der Waals surface area (Å²) in [6.45, 7) is 7.10. The van der Waals surface area contributed by atoms with Crippen LogP contribution >= 0.6 is 0 Å². The number of rotatable bonds is 4. The standard InChI is InChI=1S/C18H21N3O2/c1-12(22)13-6-5-7-14(10-13)20-16-9-8-15(11-19-16)21-17(23)18(2,3)4/h5-11H,1-4H3,(H,19,20)(H,21,23). The van der Waals surface area contributed by atoms with Gasteiger partial charge in [-0.1, -0.05) is 32.9 Å². The Bertz CT molecular complexity index is 716. The van der Waals surface area contributed by atoms with Gasteiger partial charge in [-0.2, -0.15) is 0 Å². The van der Waals surface area contributed by atoms with Crippen LogP contribution < -0.4 is 10.6 Å². The molecule has 0 atom stereocenters. The number of nitrogens with one attached hydrogen (secondary N) is 2. The van der Waals surface area contributed by atoms with Crippen molar-refractivity contribution in [3.63, 3.8) is 0 Å². The molecule has 2 aromatic rings. The highest BCUT2D eigenvalue weighted by Crippen LogP contribution is 2.20. The van der Waals surface area contributed by atoms with Gasteiger partial charge in [-0.25, -0.2) is 4.98 Å². The monoisotopic (exact) mass is 311 g/mol. The maximum absolute atomic E-state index is 11.9. The van der Waals surface area contributed by atoms with Crippen LogP contribution in [0.3, 0.4) is 0 Å². The number of ketones is 1. The van der Waals surface area contributed by atoms with E-state index in [1.54, 1.807) is 30.5 Å². The maximum Gasteiger partial charge on any atom is 0.229 e. The molecule has 1 amide bonds. The molecule has 2 N–H and O–H groups in total. The first-order valence-electron chi connectivity index (χ1n) is 7.41. The fourth-order valence-corrected chi connectivity index (χ4v) is 1.82. The summed E-state index contributed by atoms with van der Waals surface area (Å²) in [7, 11) is 0. The third-order valence-corrected chi connectivity index (χ3v) is 3.24. The number of hydrogen-bond donors (Lipinski definition) is 2. The Morgan fingerprint density at radius 1 is 1.04 bits per heavy atom. The highest BCUT2D eigenvalue weighted by molar-refractivity contribution is 5.95. The number of aromatic nitrogens is 1. The highest BCUT2D eigenvalue weighted by atomic mass is 16.2. The molecule has 0 saturated heterocycles.